The van der Waals surface area contributed by atoms with E-state index >= 15 is 0 Å². The van der Waals surface area contributed by atoms with Crippen LogP contribution in [0.1, 0.15) is 23.2 Å². The smallest absolute Gasteiger partial charge is 0.303 e. The van der Waals surface area contributed by atoms with E-state index in [4.69, 9.17) is 27.6 Å². The van der Waals surface area contributed by atoms with Crippen molar-refractivity contribution in [1.29, 1.82) is 0 Å². The van der Waals surface area contributed by atoms with E-state index in [2.05, 4.69) is 5.10 Å². The molecule has 10 heteroatoms. The molecule has 138 valence electrons. The molecule has 3 rings (SSSR count). The molecular weight excluding hydrogens is 401 g/mol. The first-order valence-electron chi connectivity index (χ1n) is 7.62. The first-order valence-corrected chi connectivity index (χ1v) is 9.81. The lowest BCUT2D eigenvalue weighted by atomic mass is 10.2. The molecule has 0 N–H and O–H groups in total. The van der Waals surface area contributed by atoms with E-state index in [-0.39, 0.29) is 28.0 Å². The predicted molar refractivity (Wildman–Crippen MR) is 98.1 cm³/mol. The zero-order valence-electron chi connectivity index (χ0n) is 14.2. The number of benzene rings is 1. The highest BCUT2D eigenvalue weighted by Gasteiger charge is 2.35. The van der Waals surface area contributed by atoms with Gasteiger partial charge in [0.25, 0.3) is 10.0 Å². The molecule has 0 radical (unpaired) electrons. The Morgan fingerprint density at radius 1 is 1.31 bits per heavy atom. The highest BCUT2D eigenvalue weighted by atomic mass is 35.5. The van der Waals surface area contributed by atoms with Gasteiger partial charge >= 0.3 is 5.91 Å². The second-order valence-corrected chi connectivity index (χ2v) is 8.19. The normalized spacial score (nSPS) is 11.9. The van der Waals surface area contributed by atoms with Crippen molar-refractivity contribution in [3.05, 3.63) is 45.9 Å². The van der Waals surface area contributed by atoms with Crippen molar-refractivity contribution in [2.24, 2.45) is 7.05 Å². The molecule has 0 aliphatic rings. The highest BCUT2D eigenvalue weighted by Crippen LogP contribution is 2.29. The molecule has 26 heavy (non-hydrogen) atoms. The average Bonchev–Trinajstić information content (AvgIpc) is 3.08. The van der Waals surface area contributed by atoms with Crippen molar-refractivity contribution in [3.63, 3.8) is 0 Å². The number of carbonyl (C=O) groups excluding carboxylic acids is 1. The molecule has 0 aliphatic heterocycles. The van der Waals surface area contributed by atoms with Crippen LogP contribution in [0.25, 0.3) is 11.0 Å². The van der Waals surface area contributed by atoms with Gasteiger partial charge in [-0.05, 0) is 38.1 Å². The van der Waals surface area contributed by atoms with Gasteiger partial charge in [0.05, 0.1) is 5.69 Å². The van der Waals surface area contributed by atoms with Gasteiger partial charge in [0.15, 0.2) is 5.76 Å². The Labute approximate surface area is 160 Å². The summed E-state index contributed by atoms with van der Waals surface area (Å²) in [6.07, 6.45) is 0. The Morgan fingerprint density at radius 2 is 2.00 bits per heavy atom. The number of hydrogen-bond donors (Lipinski definition) is 0. The first-order chi connectivity index (χ1) is 12.2. The number of amides is 1. The van der Waals surface area contributed by atoms with Crippen molar-refractivity contribution in [2.75, 3.05) is 6.54 Å². The molecule has 1 aromatic carbocycles. The highest BCUT2D eigenvalue weighted by molar-refractivity contribution is 7.89. The number of carbonyl (C=O) groups is 1. The summed E-state index contributed by atoms with van der Waals surface area (Å²) in [5.41, 5.74) is 0.641. The number of furan rings is 1. The first kappa shape index (κ1) is 18.8. The fourth-order valence-corrected chi connectivity index (χ4v) is 4.95. The van der Waals surface area contributed by atoms with Crippen LogP contribution in [-0.4, -0.2) is 35.0 Å². The standard InChI is InChI=1S/C16H15Cl2N3O4S/c1-4-21(26(23,24)14-9(2)19-20(3)15(14)18)16(22)13-8-10-7-11(17)5-6-12(10)25-13/h5-8H,4H2,1-3H3. The van der Waals surface area contributed by atoms with Crippen molar-refractivity contribution < 1.29 is 17.6 Å². The molecule has 0 aliphatic carbocycles. The lowest BCUT2D eigenvalue weighted by molar-refractivity contribution is 0.0838. The zero-order chi connectivity index (χ0) is 19.2. The quantitative estimate of drug-likeness (QED) is 0.649. The molecule has 0 bridgehead atoms. The summed E-state index contributed by atoms with van der Waals surface area (Å²) in [5.74, 6) is -0.899. The largest absolute Gasteiger partial charge is 0.451 e. The molecular formula is C16H15Cl2N3O4S. The van der Waals surface area contributed by atoms with Crippen LogP contribution in [0.5, 0.6) is 0 Å². The van der Waals surface area contributed by atoms with Crippen LogP contribution in [0.3, 0.4) is 0 Å². The van der Waals surface area contributed by atoms with E-state index in [1.807, 2.05) is 0 Å². The number of halogens is 2. The van der Waals surface area contributed by atoms with Gasteiger partial charge in [-0.1, -0.05) is 23.2 Å². The number of aryl methyl sites for hydroxylation is 2. The minimum atomic E-state index is -4.20. The van der Waals surface area contributed by atoms with Crippen LogP contribution in [0.2, 0.25) is 10.2 Å². The number of fused-ring (bicyclic) bond motifs is 1. The zero-order valence-corrected chi connectivity index (χ0v) is 16.5. The number of nitrogens with zero attached hydrogens (tertiary/aromatic N) is 3. The van der Waals surface area contributed by atoms with E-state index in [0.29, 0.717) is 20.3 Å². The van der Waals surface area contributed by atoms with Crippen LogP contribution >= 0.6 is 23.2 Å². The van der Waals surface area contributed by atoms with Crippen molar-refractivity contribution >= 4 is 50.1 Å². The van der Waals surface area contributed by atoms with Gasteiger partial charge in [-0.15, -0.1) is 0 Å². The summed E-state index contributed by atoms with van der Waals surface area (Å²) >= 11 is 12.0. The third-order valence-electron chi connectivity index (χ3n) is 3.85. The fourth-order valence-electron chi connectivity index (χ4n) is 2.68. The average molecular weight is 416 g/mol. The maximum atomic E-state index is 13.0. The summed E-state index contributed by atoms with van der Waals surface area (Å²) in [6.45, 7) is 2.97. The Bertz CT molecular complexity index is 1120. The Kier molecular flexibility index (Phi) is 4.76. The summed E-state index contributed by atoms with van der Waals surface area (Å²) in [7, 11) is -2.68. The van der Waals surface area contributed by atoms with Crippen molar-refractivity contribution in [2.45, 2.75) is 18.7 Å². The van der Waals surface area contributed by atoms with Gasteiger partial charge in [0, 0.05) is 24.0 Å². The van der Waals surface area contributed by atoms with Gasteiger partial charge < -0.3 is 4.42 Å². The molecule has 2 heterocycles. The van der Waals surface area contributed by atoms with Crippen LogP contribution in [0.4, 0.5) is 0 Å². The Morgan fingerprint density at radius 3 is 2.58 bits per heavy atom. The van der Waals surface area contributed by atoms with E-state index < -0.39 is 15.9 Å². The molecule has 0 unspecified atom stereocenters. The van der Waals surface area contributed by atoms with E-state index in [0.717, 1.165) is 0 Å². The minimum absolute atomic E-state index is 0.0647. The number of hydrogen-bond acceptors (Lipinski definition) is 5. The van der Waals surface area contributed by atoms with E-state index in [9.17, 15) is 13.2 Å². The number of rotatable bonds is 4. The van der Waals surface area contributed by atoms with Crippen LogP contribution < -0.4 is 0 Å². The van der Waals surface area contributed by atoms with E-state index in [1.54, 1.807) is 25.1 Å². The Hall–Kier alpha value is -2.03. The van der Waals surface area contributed by atoms with Crippen molar-refractivity contribution in [3.8, 4) is 0 Å². The molecule has 0 saturated carbocycles. The Balaban J connectivity index is 2.07. The monoisotopic (exact) mass is 415 g/mol. The van der Waals surface area contributed by atoms with Crippen molar-refractivity contribution in [1.82, 2.24) is 14.1 Å². The second-order valence-electron chi connectivity index (χ2n) is 5.60. The van der Waals surface area contributed by atoms with Crippen LogP contribution in [-0.2, 0) is 17.1 Å². The maximum absolute atomic E-state index is 13.0. The molecule has 3 aromatic rings. The number of aromatic nitrogens is 2. The molecule has 0 spiro atoms. The molecule has 7 nitrogen and oxygen atoms in total. The fraction of sp³-hybridized carbons (Fsp3) is 0.250. The van der Waals surface area contributed by atoms with Gasteiger partial charge in [0.2, 0.25) is 0 Å². The molecule has 2 aromatic heterocycles. The molecule has 0 saturated heterocycles. The lowest BCUT2D eigenvalue weighted by Crippen LogP contribution is -2.36. The van der Waals surface area contributed by atoms with Gasteiger partial charge in [0.1, 0.15) is 15.6 Å². The summed E-state index contributed by atoms with van der Waals surface area (Å²) in [6, 6.07) is 6.32. The molecule has 0 fully saturated rings. The third kappa shape index (κ3) is 2.98. The predicted octanol–water partition coefficient (Wildman–Crippen LogP) is 3.63. The van der Waals surface area contributed by atoms with Crippen LogP contribution in [0, 0.1) is 6.92 Å². The molecule has 0 atom stereocenters. The summed E-state index contributed by atoms with van der Waals surface area (Å²) < 4.78 is 33.5. The lowest BCUT2D eigenvalue weighted by Gasteiger charge is -2.19. The second kappa shape index (κ2) is 6.61. The minimum Gasteiger partial charge on any atom is -0.451 e. The van der Waals surface area contributed by atoms with E-state index in [1.165, 1.54) is 24.7 Å². The summed E-state index contributed by atoms with van der Waals surface area (Å²) in [4.78, 5) is 12.6. The topological polar surface area (TPSA) is 85.4 Å². The summed E-state index contributed by atoms with van der Waals surface area (Å²) in [5, 5.41) is 5.02. The van der Waals surface area contributed by atoms with Gasteiger partial charge in [-0.2, -0.15) is 5.10 Å². The molecule has 1 amide bonds. The SMILES string of the molecule is CCN(C(=O)c1cc2cc(Cl)ccc2o1)S(=O)(=O)c1c(C)nn(C)c1Cl. The number of sulfonamides is 1. The van der Waals surface area contributed by atoms with Crippen LogP contribution in [0.15, 0.2) is 33.6 Å². The maximum Gasteiger partial charge on any atom is 0.303 e. The van der Waals surface area contributed by atoms with Gasteiger partial charge in [-0.25, -0.2) is 12.7 Å². The third-order valence-corrected chi connectivity index (χ3v) is 6.64. The van der Waals surface area contributed by atoms with Gasteiger partial charge in [-0.3, -0.25) is 9.48 Å².